The zero-order valence-electron chi connectivity index (χ0n) is 9.63. The third kappa shape index (κ3) is 3.08. The van der Waals surface area contributed by atoms with Crippen LogP contribution < -0.4 is 4.90 Å². The monoisotopic (exact) mass is 326 g/mol. The number of anilines is 1. The van der Waals surface area contributed by atoms with Gasteiger partial charge in [0.2, 0.25) is 0 Å². The van der Waals surface area contributed by atoms with Crippen LogP contribution in [0.25, 0.3) is 0 Å². The van der Waals surface area contributed by atoms with Crippen LogP contribution in [-0.2, 0) is 6.54 Å². The Hall–Kier alpha value is -1.40. The molecule has 0 aromatic carbocycles. The van der Waals surface area contributed by atoms with Crippen LogP contribution in [0.1, 0.15) is 15.9 Å². The number of hydrogen-bond donors (Lipinski definition) is 1. The maximum absolute atomic E-state index is 10.9. The first-order chi connectivity index (χ1) is 8.56. The minimum Gasteiger partial charge on any atom is -0.478 e. The van der Waals surface area contributed by atoms with Crippen LogP contribution in [0.15, 0.2) is 33.6 Å². The number of carboxylic acids is 1. The standard InChI is InChI=1S/C12H11BrN2O2S/c1-15(6-8-4-10(13)18-7-8)11-5-9(12(16)17)2-3-14-11/h2-5,7H,6H2,1H3,(H,16,17). The first-order valence-corrected chi connectivity index (χ1v) is 6.87. The second kappa shape index (κ2) is 5.49. The molecule has 0 amide bonds. The van der Waals surface area contributed by atoms with Gasteiger partial charge in [-0.05, 0) is 45.1 Å². The summed E-state index contributed by atoms with van der Waals surface area (Å²) in [7, 11) is 1.89. The summed E-state index contributed by atoms with van der Waals surface area (Å²) in [5, 5.41) is 11.0. The van der Waals surface area contributed by atoms with Crippen molar-refractivity contribution in [3.8, 4) is 0 Å². The number of aromatic carboxylic acids is 1. The Morgan fingerprint density at radius 1 is 1.56 bits per heavy atom. The normalized spacial score (nSPS) is 10.3. The van der Waals surface area contributed by atoms with Crippen LogP contribution in [0.4, 0.5) is 5.82 Å². The fourth-order valence-electron chi connectivity index (χ4n) is 1.54. The summed E-state index contributed by atoms with van der Waals surface area (Å²) < 4.78 is 1.08. The summed E-state index contributed by atoms with van der Waals surface area (Å²) in [6.07, 6.45) is 1.51. The predicted molar refractivity (Wildman–Crippen MR) is 75.3 cm³/mol. The molecule has 2 aromatic rings. The minimum atomic E-state index is -0.940. The Morgan fingerprint density at radius 2 is 2.33 bits per heavy atom. The summed E-state index contributed by atoms with van der Waals surface area (Å²) in [5.41, 5.74) is 1.41. The van der Waals surface area contributed by atoms with Crippen molar-refractivity contribution in [2.45, 2.75) is 6.54 Å². The zero-order chi connectivity index (χ0) is 13.1. The Balaban J connectivity index is 2.15. The van der Waals surface area contributed by atoms with Gasteiger partial charge in [-0.15, -0.1) is 11.3 Å². The average Bonchev–Trinajstić information content (AvgIpc) is 2.75. The van der Waals surface area contributed by atoms with Gasteiger partial charge in [0.05, 0.1) is 9.35 Å². The fraction of sp³-hybridized carbons (Fsp3) is 0.167. The number of aromatic nitrogens is 1. The van der Waals surface area contributed by atoms with Gasteiger partial charge in [0.15, 0.2) is 0 Å². The van der Waals surface area contributed by atoms with E-state index >= 15 is 0 Å². The van der Waals surface area contributed by atoms with Gasteiger partial charge in [-0.1, -0.05) is 0 Å². The van der Waals surface area contributed by atoms with E-state index in [4.69, 9.17) is 5.11 Å². The molecule has 0 aliphatic carbocycles. The van der Waals surface area contributed by atoms with Crippen molar-refractivity contribution in [2.75, 3.05) is 11.9 Å². The minimum absolute atomic E-state index is 0.248. The highest BCUT2D eigenvalue weighted by atomic mass is 79.9. The molecule has 18 heavy (non-hydrogen) atoms. The molecule has 0 atom stereocenters. The largest absolute Gasteiger partial charge is 0.478 e. The molecule has 0 aliphatic rings. The number of nitrogens with zero attached hydrogens (tertiary/aromatic N) is 2. The summed E-state index contributed by atoms with van der Waals surface area (Å²) in [6, 6.07) is 5.10. The summed E-state index contributed by atoms with van der Waals surface area (Å²) >= 11 is 5.04. The van der Waals surface area contributed by atoms with E-state index in [1.165, 1.54) is 12.3 Å². The van der Waals surface area contributed by atoms with E-state index in [1.54, 1.807) is 17.4 Å². The maximum atomic E-state index is 10.9. The molecule has 0 bridgehead atoms. The Labute approximate surface area is 117 Å². The Morgan fingerprint density at radius 3 is 2.94 bits per heavy atom. The lowest BCUT2D eigenvalue weighted by Crippen LogP contribution is -2.17. The number of rotatable bonds is 4. The van der Waals surface area contributed by atoms with Crippen molar-refractivity contribution in [2.24, 2.45) is 0 Å². The van der Waals surface area contributed by atoms with E-state index in [0.29, 0.717) is 12.4 Å². The third-order valence-corrected chi connectivity index (χ3v) is 3.98. The molecule has 0 saturated heterocycles. The molecule has 0 unspecified atom stereocenters. The van der Waals surface area contributed by atoms with Crippen molar-refractivity contribution in [1.82, 2.24) is 4.98 Å². The van der Waals surface area contributed by atoms with E-state index in [-0.39, 0.29) is 5.56 Å². The van der Waals surface area contributed by atoms with Crippen molar-refractivity contribution in [1.29, 1.82) is 0 Å². The SMILES string of the molecule is CN(Cc1csc(Br)c1)c1cc(C(=O)O)ccn1. The molecule has 2 rings (SSSR count). The van der Waals surface area contributed by atoms with Gasteiger partial charge in [-0.2, -0.15) is 0 Å². The first-order valence-electron chi connectivity index (χ1n) is 5.19. The topological polar surface area (TPSA) is 53.4 Å². The molecule has 6 heteroatoms. The van der Waals surface area contributed by atoms with E-state index in [0.717, 1.165) is 9.35 Å². The third-order valence-electron chi connectivity index (χ3n) is 2.43. The fourth-order valence-corrected chi connectivity index (χ4v) is 2.74. The lowest BCUT2D eigenvalue weighted by molar-refractivity contribution is 0.0697. The van der Waals surface area contributed by atoms with Crippen LogP contribution in [0.5, 0.6) is 0 Å². The molecule has 2 aromatic heterocycles. The number of hydrogen-bond acceptors (Lipinski definition) is 4. The molecule has 0 saturated carbocycles. The molecule has 2 heterocycles. The highest BCUT2D eigenvalue weighted by Crippen LogP contribution is 2.23. The van der Waals surface area contributed by atoms with Crippen molar-refractivity contribution >= 4 is 39.1 Å². The molecule has 0 radical (unpaired) electrons. The van der Waals surface area contributed by atoms with Gasteiger partial charge >= 0.3 is 5.97 Å². The van der Waals surface area contributed by atoms with Gasteiger partial charge in [-0.3, -0.25) is 0 Å². The molecule has 1 N–H and O–H groups in total. The summed E-state index contributed by atoms with van der Waals surface area (Å²) in [6.45, 7) is 0.693. The smallest absolute Gasteiger partial charge is 0.335 e. The molecule has 94 valence electrons. The summed E-state index contributed by atoms with van der Waals surface area (Å²) in [4.78, 5) is 17.0. The van der Waals surface area contributed by atoms with Crippen LogP contribution in [0.2, 0.25) is 0 Å². The first kappa shape index (κ1) is 13.0. The van der Waals surface area contributed by atoms with Crippen LogP contribution in [-0.4, -0.2) is 23.1 Å². The molecular formula is C12H11BrN2O2S. The number of pyridine rings is 1. The predicted octanol–water partition coefficient (Wildman–Crippen LogP) is 3.24. The quantitative estimate of drug-likeness (QED) is 0.937. The number of carboxylic acid groups (broad SMARTS) is 1. The van der Waals surface area contributed by atoms with Gasteiger partial charge in [0, 0.05) is 19.8 Å². The zero-order valence-corrected chi connectivity index (χ0v) is 12.0. The number of halogens is 1. The van der Waals surface area contributed by atoms with Crippen molar-refractivity contribution in [3.05, 3.63) is 44.7 Å². The molecule has 0 fully saturated rings. The van der Waals surface area contributed by atoms with E-state index in [1.807, 2.05) is 18.0 Å². The van der Waals surface area contributed by atoms with Crippen LogP contribution in [0.3, 0.4) is 0 Å². The van der Waals surface area contributed by atoms with Gasteiger partial charge < -0.3 is 10.0 Å². The van der Waals surface area contributed by atoms with E-state index < -0.39 is 5.97 Å². The summed E-state index contributed by atoms with van der Waals surface area (Å²) in [5.74, 6) is -0.289. The Bertz CT molecular complexity index is 571. The van der Waals surface area contributed by atoms with Crippen molar-refractivity contribution in [3.63, 3.8) is 0 Å². The molecule has 0 spiro atoms. The number of thiophene rings is 1. The molecular weight excluding hydrogens is 316 g/mol. The Kier molecular flexibility index (Phi) is 3.98. The van der Waals surface area contributed by atoms with E-state index in [9.17, 15) is 4.79 Å². The van der Waals surface area contributed by atoms with Gasteiger partial charge in [0.25, 0.3) is 0 Å². The number of carbonyl (C=O) groups is 1. The van der Waals surface area contributed by atoms with Crippen LogP contribution in [0, 0.1) is 0 Å². The molecule has 4 nitrogen and oxygen atoms in total. The second-order valence-corrected chi connectivity index (χ2v) is 6.11. The lowest BCUT2D eigenvalue weighted by atomic mass is 10.2. The second-order valence-electron chi connectivity index (χ2n) is 3.82. The highest BCUT2D eigenvalue weighted by Gasteiger charge is 2.08. The average molecular weight is 327 g/mol. The van der Waals surface area contributed by atoms with E-state index in [2.05, 4.69) is 26.3 Å². The molecule has 0 aliphatic heterocycles. The van der Waals surface area contributed by atoms with Crippen LogP contribution >= 0.6 is 27.3 Å². The van der Waals surface area contributed by atoms with Gasteiger partial charge in [-0.25, -0.2) is 9.78 Å². The van der Waals surface area contributed by atoms with Gasteiger partial charge in [0.1, 0.15) is 5.82 Å². The lowest BCUT2D eigenvalue weighted by Gasteiger charge is -2.17. The maximum Gasteiger partial charge on any atom is 0.335 e. The highest BCUT2D eigenvalue weighted by molar-refractivity contribution is 9.11. The van der Waals surface area contributed by atoms with Crippen molar-refractivity contribution < 1.29 is 9.90 Å².